The lowest BCUT2D eigenvalue weighted by Gasteiger charge is -2.12. The predicted octanol–water partition coefficient (Wildman–Crippen LogP) is 2.85. The monoisotopic (exact) mass is 347 g/mol. The van der Waals surface area contributed by atoms with Gasteiger partial charge in [-0.3, -0.25) is 9.36 Å². The van der Waals surface area contributed by atoms with Gasteiger partial charge in [0.25, 0.3) is 5.91 Å². The minimum Gasteiger partial charge on any atom is -0.452 e. The lowest BCUT2D eigenvalue weighted by Crippen LogP contribution is -2.35. The van der Waals surface area contributed by atoms with Crippen LogP contribution < -0.4 is 5.32 Å². The van der Waals surface area contributed by atoms with Crippen molar-refractivity contribution in [3.8, 4) is 5.82 Å². The number of hydrogen-bond donors (Lipinski definition) is 1. The molecule has 0 aromatic carbocycles. The van der Waals surface area contributed by atoms with E-state index in [1.165, 1.54) is 0 Å². The molecule has 1 amide bonds. The minimum atomic E-state index is -0.530. The summed E-state index contributed by atoms with van der Waals surface area (Å²) >= 11 is 0. The fourth-order valence-electron chi connectivity index (χ4n) is 2.81. The van der Waals surface area contributed by atoms with Crippen LogP contribution in [0, 0.1) is 20.8 Å². The highest BCUT2D eigenvalue weighted by Gasteiger charge is 2.20. The second-order valence-corrected chi connectivity index (χ2v) is 6.25. The molecule has 136 valence electrons. The van der Waals surface area contributed by atoms with E-state index in [0.717, 1.165) is 18.5 Å². The highest BCUT2D eigenvalue weighted by Crippen LogP contribution is 2.21. The maximum atomic E-state index is 12.3. The molecule has 2 heterocycles. The van der Waals surface area contributed by atoms with Crippen LogP contribution in [0.15, 0.2) is 16.7 Å². The minimum absolute atomic E-state index is 0.0664. The summed E-state index contributed by atoms with van der Waals surface area (Å²) in [7, 11) is 0. The van der Waals surface area contributed by atoms with Gasteiger partial charge in [0.2, 0.25) is 0 Å². The quantitative estimate of drug-likeness (QED) is 0.778. The lowest BCUT2D eigenvalue weighted by atomic mass is 10.2. The van der Waals surface area contributed by atoms with Crippen molar-refractivity contribution in [2.45, 2.75) is 53.5 Å². The molecule has 0 fully saturated rings. The van der Waals surface area contributed by atoms with Crippen LogP contribution in [-0.2, 0) is 9.53 Å². The number of nitrogens with one attached hydrogen (secondary N) is 1. The molecule has 7 nitrogen and oxygen atoms in total. The highest BCUT2D eigenvalue weighted by molar-refractivity contribution is 5.93. The van der Waals surface area contributed by atoms with Crippen LogP contribution in [0.3, 0.4) is 0 Å². The topological polar surface area (TPSA) is 86.4 Å². The second kappa shape index (κ2) is 8.00. The Morgan fingerprint density at radius 2 is 2.04 bits per heavy atom. The standard InChI is InChI=1S/C18H25N3O4/c1-6-7-11(2)19-17(22)10-24-18(23)15-8-12(3)21(14(15)5)16-9-13(4)25-20-16/h8-9,11H,6-7,10H2,1-5H3,(H,19,22). The summed E-state index contributed by atoms with van der Waals surface area (Å²) in [5.74, 6) is 0.468. The van der Waals surface area contributed by atoms with Crippen molar-refractivity contribution in [2.24, 2.45) is 0 Å². The first-order valence-electron chi connectivity index (χ1n) is 8.42. The van der Waals surface area contributed by atoms with Gasteiger partial charge >= 0.3 is 5.97 Å². The Hall–Kier alpha value is -2.57. The van der Waals surface area contributed by atoms with Crippen LogP contribution in [0.2, 0.25) is 0 Å². The van der Waals surface area contributed by atoms with E-state index in [-0.39, 0.29) is 18.6 Å². The van der Waals surface area contributed by atoms with Gasteiger partial charge in [0, 0.05) is 23.5 Å². The maximum absolute atomic E-state index is 12.3. The van der Waals surface area contributed by atoms with E-state index in [1.54, 1.807) is 26.0 Å². The molecule has 0 saturated heterocycles. The van der Waals surface area contributed by atoms with E-state index in [9.17, 15) is 9.59 Å². The van der Waals surface area contributed by atoms with E-state index in [4.69, 9.17) is 9.26 Å². The van der Waals surface area contributed by atoms with Gasteiger partial charge in [-0.05, 0) is 40.2 Å². The number of ether oxygens (including phenoxy) is 1. The number of aryl methyl sites for hydroxylation is 2. The molecule has 0 saturated carbocycles. The highest BCUT2D eigenvalue weighted by atomic mass is 16.5. The number of aromatic nitrogens is 2. The van der Waals surface area contributed by atoms with Gasteiger partial charge in [-0.15, -0.1) is 0 Å². The second-order valence-electron chi connectivity index (χ2n) is 6.25. The summed E-state index contributed by atoms with van der Waals surface area (Å²) < 4.78 is 12.1. The maximum Gasteiger partial charge on any atom is 0.340 e. The zero-order chi connectivity index (χ0) is 18.6. The van der Waals surface area contributed by atoms with Crippen LogP contribution in [0.4, 0.5) is 0 Å². The average molecular weight is 347 g/mol. The normalized spacial score (nSPS) is 12.0. The van der Waals surface area contributed by atoms with Crippen molar-refractivity contribution < 1.29 is 18.8 Å². The molecule has 0 radical (unpaired) electrons. The van der Waals surface area contributed by atoms with Crippen LogP contribution in [0.5, 0.6) is 0 Å². The van der Waals surface area contributed by atoms with Crippen molar-refractivity contribution in [2.75, 3.05) is 6.61 Å². The van der Waals surface area contributed by atoms with Crippen LogP contribution in [-0.4, -0.2) is 34.2 Å². The zero-order valence-electron chi connectivity index (χ0n) is 15.4. The first kappa shape index (κ1) is 18.8. The molecule has 1 N–H and O–H groups in total. The van der Waals surface area contributed by atoms with Crippen LogP contribution in [0.25, 0.3) is 5.82 Å². The summed E-state index contributed by atoms with van der Waals surface area (Å²) in [6.45, 7) is 9.16. The Bertz CT molecular complexity index is 760. The molecule has 0 bridgehead atoms. The van der Waals surface area contributed by atoms with Gasteiger partial charge in [-0.1, -0.05) is 18.5 Å². The number of amides is 1. The number of esters is 1. The van der Waals surface area contributed by atoms with Crippen molar-refractivity contribution in [3.63, 3.8) is 0 Å². The summed E-state index contributed by atoms with van der Waals surface area (Å²) in [6, 6.07) is 3.58. The van der Waals surface area contributed by atoms with Crippen LogP contribution >= 0.6 is 0 Å². The van der Waals surface area contributed by atoms with Gasteiger partial charge in [0.1, 0.15) is 5.76 Å². The summed E-state index contributed by atoms with van der Waals surface area (Å²) in [6.07, 6.45) is 1.87. The van der Waals surface area contributed by atoms with Gasteiger partial charge in [0.15, 0.2) is 12.4 Å². The summed E-state index contributed by atoms with van der Waals surface area (Å²) in [5.41, 5.74) is 1.93. The van der Waals surface area contributed by atoms with Gasteiger partial charge in [-0.2, -0.15) is 0 Å². The molecule has 0 aliphatic heterocycles. The zero-order valence-corrected chi connectivity index (χ0v) is 15.4. The lowest BCUT2D eigenvalue weighted by molar-refractivity contribution is -0.124. The summed E-state index contributed by atoms with van der Waals surface area (Å²) in [4.78, 5) is 24.2. The molecular weight excluding hydrogens is 322 g/mol. The number of hydrogen-bond acceptors (Lipinski definition) is 5. The Morgan fingerprint density at radius 1 is 1.32 bits per heavy atom. The molecule has 0 aliphatic rings. The SMILES string of the molecule is CCCC(C)NC(=O)COC(=O)c1cc(C)n(-c2cc(C)on2)c1C. The van der Waals surface area contributed by atoms with E-state index in [2.05, 4.69) is 17.4 Å². The molecule has 1 unspecified atom stereocenters. The van der Waals surface area contributed by atoms with Crippen molar-refractivity contribution >= 4 is 11.9 Å². The molecule has 0 spiro atoms. The van der Waals surface area contributed by atoms with Crippen LogP contribution in [0.1, 0.15) is 54.2 Å². The molecule has 0 aliphatic carbocycles. The Labute approximate surface area is 147 Å². The Kier molecular flexibility index (Phi) is 6.01. The molecule has 25 heavy (non-hydrogen) atoms. The van der Waals surface area contributed by atoms with E-state index < -0.39 is 5.97 Å². The van der Waals surface area contributed by atoms with Gasteiger partial charge in [0.05, 0.1) is 5.56 Å². The van der Waals surface area contributed by atoms with Gasteiger partial charge < -0.3 is 14.6 Å². The van der Waals surface area contributed by atoms with Gasteiger partial charge in [-0.25, -0.2) is 4.79 Å². The number of carbonyl (C=O) groups excluding carboxylic acids is 2. The van der Waals surface area contributed by atoms with Crippen molar-refractivity contribution in [3.05, 3.63) is 34.8 Å². The van der Waals surface area contributed by atoms with E-state index >= 15 is 0 Å². The Balaban J connectivity index is 2.04. The number of nitrogens with zero attached hydrogens (tertiary/aromatic N) is 2. The number of rotatable bonds is 7. The van der Waals surface area contributed by atoms with E-state index in [0.29, 0.717) is 22.8 Å². The Morgan fingerprint density at radius 3 is 2.64 bits per heavy atom. The van der Waals surface area contributed by atoms with E-state index in [1.807, 2.05) is 18.4 Å². The number of carbonyl (C=O) groups is 2. The fraction of sp³-hybridized carbons (Fsp3) is 0.500. The first-order chi connectivity index (χ1) is 11.8. The summed E-state index contributed by atoms with van der Waals surface area (Å²) in [5, 5.41) is 6.78. The third-order valence-corrected chi connectivity index (χ3v) is 3.96. The third kappa shape index (κ3) is 4.49. The van der Waals surface area contributed by atoms with Crippen molar-refractivity contribution in [1.82, 2.24) is 15.0 Å². The molecule has 2 aromatic heterocycles. The fourth-order valence-corrected chi connectivity index (χ4v) is 2.81. The third-order valence-electron chi connectivity index (χ3n) is 3.96. The molecule has 2 aromatic rings. The molecule has 2 rings (SSSR count). The van der Waals surface area contributed by atoms with Crippen molar-refractivity contribution in [1.29, 1.82) is 0 Å². The predicted molar refractivity (Wildman–Crippen MR) is 92.8 cm³/mol. The molecule has 7 heteroatoms. The molecular formula is C18H25N3O4. The first-order valence-corrected chi connectivity index (χ1v) is 8.42. The average Bonchev–Trinajstić information content (AvgIpc) is 3.08. The molecule has 1 atom stereocenters. The largest absolute Gasteiger partial charge is 0.452 e. The smallest absolute Gasteiger partial charge is 0.340 e.